The maximum absolute atomic E-state index is 12.6. The number of carbonyl (C=O) groups is 2. The van der Waals surface area contributed by atoms with Crippen molar-refractivity contribution in [2.24, 2.45) is 11.8 Å². The number of hydrogen-bond acceptors (Lipinski definition) is 5. The first-order chi connectivity index (χ1) is 13.3. The lowest BCUT2D eigenvalue weighted by atomic mass is 9.83. The van der Waals surface area contributed by atoms with E-state index in [1.54, 1.807) is 27.7 Å². The van der Waals surface area contributed by atoms with Crippen molar-refractivity contribution in [3.63, 3.8) is 0 Å². The van der Waals surface area contributed by atoms with E-state index in [9.17, 15) is 9.59 Å². The maximum atomic E-state index is 12.6. The molecule has 0 spiro atoms. The highest BCUT2D eigenvalue weighted by molar-refractivity contribution is 5.80. The molecule has 0 saturated heterocycles. The molecule has 0 heterocycles. The van der Waals surface area contributed by atoms with Gasteiger partial charge in [-0.15, -0.1) is 0 Å². The van der Waals surface area contributed by atoms with Crippen LogP contribution >= 0.6 is 0 Å². The van der Waals surface area contributed by atoms with Crippen molar-refractivity contribution in [1.29, 1.82) is 0 Å². The molecule has 0 N–H and O–H groups in total. The fraction of sp³-hybridized carbons (Fsp3) is 0.667. The van der Waals surface area contributed by atoms with E-state index in [4.69, 9.17) is 14.2 Å². The lowest BCUT2D eigenvalue weighted by molar-refractivity contribution is -0.163. The van der Waals surface area contributed by atoms with E-state index in [1.807, 2.05) is 45.0 Å². The van der Waals surface area contributed by atoms with Gasteiger partial charge in [-0.3, -0.25) is 9.59 Å². The zero-order valence-electron chi connectivity index (χ0n) is 19.4. The molecular weight excluding hydrogens is 368 g/mol. The Morgan fingerprint density at radius 2 is 1.55 bits per heavy atom. The molecule has 0 bridgehead atoms. The summed E-state index contributed by atoms with van der Waals surface area (Å²) in [7, 11) is 0. The first-order valence-corrected chi connectivity index (χ1v) is 10.5. The Morgan fingerprint density at radius 3 is 2.07 bits per heavy atom. The van der Waals surface area contributed by atoms with E-state index in [2.05, 4.69) is 13.8 Å². The zero-order valence-corrected chi connectivity index (χ0v) is 19.4. The summed E-state index contributed by atoms with van der Waals surface area (Å²) >= 11 is 0. The lowest BCUT2D eigenvalue weighted by Gasteiger charge is -2.30. The van der Waals surface area contributed by atoms with Gasteiger partial charge in [0.25, 0.3) is 0 Å². The summed E-state index contributed by atoms with van der Waals surface area (Å²) in [5.41, 5.74) is 0.452. The van der Waals surface area contributed by atoms with Gasteiger partial charge in [0.05, 0.1) is 18.4 Å². The Labute approximate surface area is 176 Å². The van der Waals surface area contributed by atoms with Crippen LogP contribution in [0.4, 0.5) is 0 Å². The minimum atomic E-state index is -0.573. The number of rotatable bonds is 9. The molecule has 29 heavy (non-hydrogen) atoms. The fourth-order valence-electron chi connectivity index (χ4n) is 3.36. The quantitative estimate of drug-likeness (QED) is 0.506. The standard InChI is InChI=1S/C24H38O5/c1-15(2)22(19-12-10-11-13-20(19)27-16(3)4)18(6)28-23(26)17(5)14-21(25)29-24(7,8)9/h10-13,15-18,22H,14H2,1-9H3/t17-,18+,22-/m1/s1. The van der Waals surface area contributed by atoms with Crippen LogP contribution < -0.4 is 4.74 Å². The van der Waals surface area contributed by atoms with Crippen molar-refractivity contribution >= 4 is 11.9 Å². The minimum Gasteiger partial charge on any atom is -0.491 e. The highest BCUT2D eigenvalue weighted by atomic mass is 16.6. The Hall–Kier alpha value is -2.04. The molecule has 1 rings (SSSR count). The van der Waals surface area contributed by atoms with Gasteiger partial charge in [-0.1, -0.05) is 39.0 Å². The number of para-hydroxylation sites is 1. The van der Waals surface area contributed by atoms with Crippen LogP contribution in [0.15, 0.2) is 24.3 Å². The van der Waals surface area contributed by atoms with Crippen LogP contribution in [0.2, 0.25) is 0 Å². The number of carbonyl (C=O) groups excluding carboxylic acids is 2. The van der Waals surface area contributed by atoms with E-state index in [0.717, 1.165) is 11.3 Å². The van der Waals surface area contributed by atoms with Gasteiger partial charge >= 0.3 is 11.9 Å². The van der Waals surface area contributed by atoms with Crippen molar-refractivity contribution in [1.82, 2.24) is 0 Å². The third-order valence-corrected chi connectivity index (χ3v) is 4.46. The SMILES string of the molecule is CC(C)Oc1ccccc1[C@H](C(C)C)[C@H](C)OC(=O)[C@H](C)CC(=O)OC(C)(C)C. The first kappa shape index (κ1) is 25.0. The summed E-state index contributed by atoms with van der Waals surface area (Å²) in [4.78, 5) is 24.6. The van der Waals surface area contributed by atoms with Crippen LogP contribution in [-0.4, -0.2) is 29.7 Å². The van der Waals surface area contributed by atoms with Gasteiger partial charge in [0.15, 0.2) is 0 Å². The first-order valence-electron chi connectivity index (χ1n) is 10.5. The monoisotopic (exact) mass is 406 g/mol. The highest BCUT2D eigenvalue weighted by Gasteiger charge is 2.31. The smallest absolute Gasteiger partial charge is 0.309 e. The summed E-state index contributed by atoms with van der Waals surface area (Å²) in [5, 5.41) is 0. The predicted octanol–water partition coefficient (Wildman–Crippen LogP) is 5.51. The van der Waals surface area contributed by atoms with E-state index in [-0.39, 0.29) is 30.5 Å². The number of benzene rings is 1. The molecule has 0 aromatic heterocycles. The molecule has 164 valence electrons. The molecule has 5 nitrogen and oxygen atoms in total. The Bertz CT molecular complexity index is 672. The highest BCUT2D eigenvalue weighted by Crippen LogP contribution is 2.36. The summed E-state index contributed by atoms with van der Waals surface area (Å²) in [5.74, 6) is -0.339. The van der Waals surface area contributed by atoms with Gasteiger partial charge in [0.2, 0.25) is 0 Å². The molecule has 0 amide bonds. The van der Waals surface area contributed by atoms with Crippen LogP contribution in [-0.2, 0) is 19.1 Å². The Morgan fingerprint density at radius 1 is 0.966 bits per heavy atom. The van der Waals surface area contributed by atoms with E-state index >= 15 is 0 Å². The van der Waals surface area contributed by atoms with Crippen LogP contribution in [0.5, 0.6) is 5.75 Å². The van der Waals surface area contributed by atoms with Crippen LogP contribution in [0.3, 0.4) is 0 Å². The minimum absolute atomic E-state index is 0.00220. The average Bonchev–Trinajstić information content (AvgIpc) is 2.53. The Balaban J connectivity index is 2.90. The van der Waals surface area contributed by atoms with Crippen molar-refractivity contribution in [3.05, 3.63) is 29.8 Å². The van der Waals surface area contributed by atoms with Gasteiger partial charge in [-0.2, -0.15) is 0 Å². The van der Waals surface area contributed by atoms with Crippen molar-refractivity contribution < 1.29 is 23.8 Å². The molecule has 0 radical (unpaired) electrons. The van der Waals surface area contributed by atoms with E-state index in [1.165, 1.54) is 0 Å². The second-order valence-corrected chi connectivity index (χ2v) is 9.31. The average molecular weight is 407 g/mol. The maximum Gasteiger partial charge on any atom is 0.309 e. The molecule has 5 heteroatoms. The molecule has 0 fully saturated rings. The molecule has 1 aromatic rings. The third kappa shape index (κ3) is 8.46. The lowest BCUT2D eigenvalue weighted by Crippen LogP contribution is -2.31. The molecule has 0 aliphatic carbocycles. The van der Waals surface area contributed by atoms with Gasteiger partial charge in [0, 0.05) is 11.5 Å². The number of hydrogen-bond donors (Lipinski definition) is 0. The normalized spacial score (nSPS) is 15.0. The van der Waals surface area contributed by atoms with Crippen molar-refractivity contribution in [2.75, 3.05) is 0 Å². The second-order valence-electron chi connectivity index (χ2n) is 9.31. The molecule has 0 unspecified atom stereocenters. The fourth-order valence-corrected chi connectivity index (χ4v) is 3.36. The van der Waals surface area contributed by atoms with E-state index in [0.29, 0.717) is 0 Å². The largest absolute Gasteiger partial charge is 0.491 e. The molecule has 3 atom stereocenters. The summed E-state index contributed by atoms with van der Waals surface area (Å²) < 4.78 is 17.1. The molecule has 0 aliphatic rings. The molecule has 0 aliphatic heterocycles. The van der Waals surface area contributed by atoms with Gasteiger partial charge in [-0.25, -0.2) is 0 Å². The van der Waals surface area contributed by atoms with Gasteiger partial charge in [-0.05, 0) is 53.5 Å². The molecule has 0 saturated carbocycles. The van der Waals surface area contributed by atoms with Crippen molar-refractivity contribution in [2.45, 2.75) is 92.5 Å². The topological polar surface area (TPSA) is 61.8 Å². The van der Waals surface area contributed by atoms with Crippen LogP contribution in [0, 0.1) is 11.8 Å². The number of esters is 2. The van der Waals surface area contributed by atoms with Gasteiger partial charge < -0.3 is 14.2 Å². The van der Waals surface area contributed by atoms with Crippen LogP contribution in [0.1, 0.15) is 80.2 Å². The predicted molar refractivity (Wildman–Crippen MR) is 115 cm³/mol. The van der Waals surface area contributed by atoms with E-state index < -0.39 is 23.5 Å². The Kier molecular flexibility index (Phi) is 9.18. The summed E-state index contributed by atoms with van der Waals surface area (Å²) in [6.45, 7) is 17.2. The van der Waals surface area contributed by atoms with Crippen molar-refractivity contribution in [3.8, 4) is 5.75 Å². The second kappa shape index (κ2) is 10.7. The number of ether oxygens (including phenoxy) is 3. The van der Waals surface area contributed by atoms with Gasteiger partial charge in [0.1, 0.15) is 17.5 Å². The summed E-state index contributed by atoms with van der Waals surface area (Å²) in [6, 6.07) is 7.89. The van der Waals surface area contributed by atoms with Crippen LogP contribution in [0.25, 0.3) is 0 Å². The summed E-state index contributed by atoms with van der Waals surface area (Å²) in [6.07, 6.45) is -0.307. The molecule has 1 aromatic carbocycles. The molecular formula is C24H38O5. The zero-order chi connectivity index (χ0) is 22.4. The third-order valence-electron chi connectivity index (χ3n) is 4.46.